The van der Waals surface area contributed by atoms with Gasteiger partial charge >= 0.3 is 0 Å². The normalized spacial score (nSPS) is 10.8. The van der Waals surface area contributed by atoms with Crippen LogP contribution < -0.4 is 4.74 Å². The summed E-state index contributed by atoms with van der Waals surface area (Å²) in [5.74, 6) is 1.79. The predicted octanol–water partition coefficient (Wildman–Crippen LogP) is 3.32. The molecule has 2 heterocycles. The monoisotopic (exact) mass is 238 g/mol. The molecule has 0 aliphatic carbocycles. The Kier molecular flexibility index (Phi) is 2.52. The molecule has 3 aromatic rings. The average Bonchev–Trinajstić information content (AvgIpc) is 2.84. The number of pyridine rings is 1. The van der Waals surface area contributed by atoms with Gasteiger partial charge in [-0.2, -0.15) is 0 Å². The van der Waals surface area contributed by atoms with Gasteiger partial charge in [0.1, 0.15) is 11.6 Å². The second-order valence-corrected chi connectivity index (χ2v) is 4.24. The number of aryl methyl sites for hydroxylation is 1. The molecule has 90 valence electrons. The average molecular weight is 238 g/mol. The molecule has 3 heteroatoms. The van der Waals surface area contributed by atoms with Crippen LogP contribution in [-0.4, -0.2) is 16.5 Å². The number of imidazole rings is 1. The van der Waals surface area contributed by atoms with Crippen LogP contribution in [0, 0.1) is 6.92 Å². The highest BCUT2D eigenvalue weighted by atomic mass is 16.5. The first-order chi connectivity index (χ1) is 8.79. The van der Waals surface area contributed by atoms with Crippen LogP contribution in [0.1, 0.15) is 5.69 Å². The van der Waals surface area contributed by atoms with Crippen LogP contribution in [0.4, 0.5) is 0 Å². The van der Waals surface area contributed by atoms with Crippen LogP contribution in [0.15, 0.2) is 48.7 Å². The molecule has 0 bridgehead atoms. The first-order valence-corrected chi connectivity index (χ1v) is 5.87. The Bertz CT molecular complexity index is 701. The van der Waals surface area contributed by atoms with Gasteiger partial charge in [0.25, 0.3) is 0 Å². The minimum absolute atomic E-state index is 0.845. The van der Waals surface area contributed by atoms with E-state index in [9.17, 15) is 0 Å². The van der Waals surface area contributed by atoms with Crippen molar-refractivity contribution in [1.29, 1.82) is 0 Å². The molecular formula is C15H14N2O. The quantitative estimate of drug-likeness (QED) is 0.684. The Labute approximate surface area is 106 Å². The number of hydrogen-bond donors (Lipinski definition) is 0. The van der Waals surface area contributed by atoms with E-state index < -0.39 is 0 Å². The fraction of sp³-hybridized carbons (Fsp3) is 0.133. The molecule has 0 aliphatic rings. The second kappa shape index (κ2) is 4.18. The molecule has 3 nitrogen and oxygen atoms in total. The number of nitrogens with zero attached hydrogens (tertiary/aromatic N) is 2. The van der Waals surface area contributed by atoms with Crippen molar-refractivity contribution in [2.24, 2.45) is 0 Å². The number of rotatable bonds is 2. The van der Waals surface area contributed by atoms with Crippen molar-refractivity contribution in [2.45, 2.75) is 6.92 Å². The van der Waals surface area contributed by atoms with E-state index in [1.54, 1.807) is 7.11 Å². The summed E-state index contributed by atoms with van der Waals surface area (Å²) >= 11 is 0. The molecule has 0 atom stereocenters. The van der Waals surface area contributed by atoms with Crippen LogP contribution in [0.25, 0.3) is 16.9 Å². The van der Waals surface area contributed by atoms with E-state index in [-0.39, 0.29) is 0 Å². The number of methoxy groups -OCH3 is 1. The van der Waals surface area contributed by atoms with Crippen molar-refractivity contribution in [3.05, 3.63) is 54.4 Å². The van der Waals surface area contributed by atoms with Gasteiger partial charge in [-0.15, -0.1) is 0 Å². The lowest BCUT2D eigenvalue weighted by Gasteiger charge is -2.06. The van der Waals surface area contributed by atoms with Gasteiger partial charge in [-0.25, -0.2) is 4.98 Å². The number of benzene rings is 1. The van der Waals surface area contributed by atoms with Gasteiger partial charge in [-0.1, -0.05) is 18.2 Å². The summed E-state index contributed by atoms with van der Waals surface area (Å²) < 4.78 is 7.41. The van der Waals surface area contributed by atoms with Crippen LogP contribution in [0.2, 0.25) is 0 Å². The van der Waals surface area contributed by atoms with Gasteiger partial charge in [0.15, 0.2) is 0 Å². The van der Waals surface area contributed by atoms with Crippen molar-refractivity contribution < 1.29 is 4.74 Å². The minimum atomic E-state index is 0.845. The highest BCUT2D eigenvalue weighted by molar-refractivity contribution is 5.64. The molecule has 0 spiro atoms. The Hall–Kier alpha value is -2.29. The first kappa shape index (κ1) is 10.8. The summed E-state index contributed by atoms with van der Waals surface area (Å²) in [4.78, 5) is 4.51. The molecule has 18 heavy (non-hydrogen) atoms. The van der Waals surface area contributed by atoms with E-state index in [2.05, 4.69) is 28.4 Å². The first-order valence-electron chi connectivity index (χ1n) is 5.87. The largest absolute Gasteiger partial charge is 0.497 e. The standard InChI is InChI=1S/C15H14N2O/c1-11-5-3-7-13-10-16-15(17(11)13)12-6-4-8-14(9-12)18-2/h3-10H,1-2H3. The van der Waals surface area contributed by atoms with E-state index in [1.807, 2.05) is 36.5 Å². The van der Waals surface area contributed by atoms with Crippen molar-refractivity contribution in [3.63, 3.8) is 0 Å². The molecule has 0 unspecified atom stereocenters. The third-order valence-corrected chi connectivity index (χ3v) is 3.07. The summed E-state index contributed by atoms with van der Waals surface area (Å²) in [6.07, 6.45) is 1.89. The van der Waals surface area contributed by atoms with E-state index in [0.717, 1.165) is 22.7 Å². The third-order valence-electron chi connectivity index (χ3n) is 3.07. The highest BCUT2D eigenvalue weighted by Gasteiger charge is 2.08. The molecule has 2 aromatic heterocycles. The molecular weight excluding hydrogens is 224 g/mol. The number of aromatic nitrogens is 2. The number of fused-ring (bicyclic) bond motifs is 1. The maximum absolute atomic E-state index is 5.26. The van der Waals surface area contributed by atoms with Crippen LogP contribution in [0.3, 0.4) is 0 Å². The van der Waals surface area contributed by atoms with Crippen molar-refractivity contribution in [3.8, 4) is 17.1 Å². The lowest BCUT2D eigenvalue weighted by molar-refractivity contribution is 0.415. The van der Waals surface area contributed by atoms with E-state index in [1.165, 1.54) is 5.69 Å². The maximum atomic E-state index is 5.26. The van der Waals surface area contributed by atoms with Crippen LogP contribution in [0.5, 0.6) is 5.75 Å². The fourth-order valence-corrected chi connectivity index (χ4v) is 2.18. The van der Waals surface area contributed by atoms with Gasteiger partial charge in [0, 0.05) is 11.3 Å². The molecule has 0 aliphatic heterocycles. The highest BCUT2D eigenvalue weighted by Crippen LogP contribution is 2.24. The van der Waals surface area contributed by atoms with E-state index in [0.29, 0.717) is 0 Å². The smallest absolute Gasteiger partial charge is 0.144 e. The lowest BCUT2D eigenvalue weighted by Crippen LogP contribution is -1.94. The van der Waals surface area contributed by atoms with E-state index >= 15 is 0 Å². The summed E-state index contributed by atoms with van der Waals surface area (Å²) in [5.41, 5.74) is 3.33. The molecule has 1 aromatic carbocycles. The molecule has 0 saturated carbocycles. The minimum Gasteiger partial charge on any atom is -0.497 e. The Morgan fingerprint density at radius 3 is 2.78 bits per heavy atom. The SMILES string of the molecule is COc1cccc(-c2ncc3cccc(C)n23)c1. The van der Waals surface area contributed by atoms with Gasteiger partial charge in [-0.05, 0) is 31.2 Å². The topological polar surface area (TPSA) is 26.5 Å². The fourth-order valence-electron chi connectivity index (χ4n) is 2.18. The molecule has 3 rings (SSSR count). The summed E-state index contributed by atoms with van der Waals surface area (Å²) in [6, 6.07) is 14.1. The summed E-state index contributed by atoms with van der Waals surface area (Å²) in [6.45, 7) is 2.08. The second-order valence-electron chi connectivity index (χ2n) is 4.24. The summed E-state index contributed by atoms with van der Waals surface area (Å²) in [5, 5.41) is 0. The van der Waals surface area contributed by atoms with Gasteiger partial charge in [0.05, 0.1) is 18.8 Å². The Morgan fingerprint density at radius 1 is 1.11 bits per heavy atom. The van der Waals surface area contributed by atoms with Crippen molar-refractivity contribution in [1.82, 2.24) is 9.38 Å². The van der Waals surface area contributed by atoms with Gasteiger partial charge < -0.3 is 4.74 Å². The Morgan fingerprint density at radius 2 is 1.94 bits per heavy atom. The van der Waals surface area contributed by atoms with Gasteiger partial charge in [0.2, 0.25) is 0 Å². The summed E-state index contributed by atoms with van der Waals surface area (Å²) in [7, 11) is 1.67. The molecule has 0 radical (unpaired) electrons. The molecule has 0 saturated heterocycles. The molecule has 0 fully saturated rings. The molecule has 0 N–H and O–H groups in total. The van der Waals surface area contributed by atoms with Gasteiger partial charge in [-0.3, -0.25) is 4.40 Å². The van der Waals surface area contributed by atoms with E-state index in [4.69, 9.17) is 4.74 Å². The third kappa shape index (κ3) is 1.64. The maximum Gasteiger partial charge on any atom is 0.144 e. The zero-order chi connectivity index (χ0) is 12.5. The lowest BCUT2D eigenvalue weighted by atomic mass is 10.2. The number of hydrogen-bond acceptors (Lipinski definition) is 2. The van der Waals surface area contributed by atoms with Crippen molar-refractivity contribution in [2.75, 3.05) is 7.11 Å². The van der Waals surface area contributed by atoms with Crippen LogP contribution >= 0.6 is 0 Å². The zero-order valence-corrected chi connectivity index (χ0v) is 10.4. The number of ether oxygens (including phenoxy) is 1. The Balaban J connectivity index is 2.25. The predicted molar refractivity (Wildman–Crippen MR) is 71.9 cm³/mol. The zero-order valence-electron chi connectivity index (χ0n) is 10.4. The molecule has 0 amide bonds. The van der Waals surface area contributed by atoms with Crippen LogP contribution in [-0.2, 0) is 0 Å². The van der Waals surface area contributed by atoms with Crippen molar-refractivity contribution >= 4 is 5.52 Å².